The van der Waals surface area contributed by atoms with E-state index in [2.05, 4.69) is 4.98 Å². The van der Waals surface area contributed by atoms with Gasteiger partial charge >= 0.3 is 0 Å². The summed E-state index contributed by atoms with van der Waals surface area (Å²) in [7, 11) is 0. The average molecular weight is 174 g/mol. The molecular weight excluding hydrogens is 166 g/mol. The molecule has 1 heterocycles. The maximum atomic E-state index is 12.1. The highest BCUT2D eigenvalue weighted by Gasteiger charge is 2.12. The number of nitrogens with two attached hydrogens (primary N) is 1. The number of H-pyrrole nitrogens is 1. The van der Waals surface area contributed by atoms with E-state index in [1.165, 1.54) is 6.92 Å². The van der Waals surface area contributed by atoms with Crippen LogP contribution in [0, 0.1) is 6.92 Å². The number of alkyl halides is 2. The van der Waals surface area contributed by atoms with Gasteiger partial charge in [-0.1, -0.05) is 0 Å². The minimum atomic E-state index is -2.65. The van der Waals surface area contributed by atoms with Gasteiger partial charge in [0.1, 0.15) is 5.82 Å². The Morgan fingerprint density at radius 2 is 2.17 bits per heavy atom. The molecule has 1 aromatic heterocycles. The number of hydrogen-bond acceptors (Lipinski definition) is 2. The van der Waals surface area contributed by atoms with Gasteiger partial charge in [0.2, 0.25) is 0 Å². The van der Waals surface area contributed by atoms with Crippen LogP contribution in [0.15, 0.2) is 10.9 Å². The molecule has 0 aliphatic carbocycles. The van der Waals surface area contributed by atoms with Crippen LogP contribution in [0.4, 0.5) is 14.6 Å². The van der Waals surface area contributed by atoms with Gasteiger partial charge in [0.15, 0.2) is 0 Å². The third-order valence-electron chi connectivity index (χ3n) is 1.52. The first-order valence-corrected chi connectivity index (χ1v) is 3.30. The summed E-state index contributed by atoms with van der Waals surface area (Å²) >= 11 is 0. The second-order valence-corrected chi connectivity index (χ2v) is 2.45. The Balaban J connectivity index is 3.33. The number of aromatic nitrogens is 1. The van der Waals surface area contributed by atoms with Crippen molar-refractivity contribution in [1.82, 2.24) is 4.98 Å². The Kier molecular flexibility index (Phi) is 2.12. The Hall–Kier alpha value is -1.39. The van der Waals surface area contributed by atoms with Crippen molar-refractivity contribution in [3.63, 3.8) is 0 Å². The van der Waals surface area contributed by atoms with Crippen LogP contribution in [-0.2, 0) is 0 Å². The number of rotatable bonds is 1. The van der Waals surface area contributed by atoms with E-state index >= 15 is 0 Å². The molecule has 1 rings (SSSR count). The summed E-state index contributed by atoms with van der Waals surface area (Å²) in [6.07, 6.45) is -2.65. The maximum Gasteiger partial charge on any atom is 0.267 e. The first kappa shape index (κ1) is 8.70. The number of halogens is 2. The number of pyridine rings is 1. The standard InChI is InChI=1S/C7H8F2N2O/c1-3-2-4(5(8)9)6(10)11-7(3)12/h2,5H,1H3,(H3,10,11,12). The van der Waals surface area contributed by atoms with E-state index in [9.17, 15) is 13.6 Å². The molecular formula is C7H8F2N2O. The molecule has 0 amide bonds. The number of anilines is 1. The van der Waals surface area contributed by atoms with E-state index in [0.29, 0.717) is 0 Å². The molecule has 0 aromatic carbocycles. The smallest absolute Gasteiger partial charge is 0.267 e. The molecule has 12 heavy (non-hydrogen) atoms. The van der Waals surface area contributed by atoms with Gasteiger partial charge in [0.25, 0.3) is 12.0 Å². The highest BCUT2D eigenvalue weighted by molar-refractivity contribution is 5.41. The molecule has 0 fully saturated rings. The SMILES string of the molecule is Cc1cc(C(F)F)c(N)[nH]c1=O. The van der Waals surface area contributed by atoms with E-state index in [0.717, 1.165) is 6.07 Å². The first-order valence-electron chi connectivity index (χ1n) is 3.30. The summed E-state index contributed by atoms with van der Waals surface area (Å²) < 4.78 is 24.3. The van der Waals surface area contributed by atoms with Gasteiger partial charge < -0.3 is 10.7 Å². The summed E-state index contributed by atoms with van der Waals surface area (Å²) in [4.78, 5) is 13.0. The fraction of sp³-hybridized carbons (Fsp3) is 0.286. The van der Waals surface area contributed by atoms with E-state index in [-0.39, 0.29) is 16.9 Å². The summed E-state index contributed by atoms with van der Waals surface area (Å²) in [5.41, 5.74) is 4.63. The lowest BCUT2D eigenvalue weighted by atomic mass is 10.2. The minimum Gasteiger partial charge on any atom is -0.385 e. The van der Waals surface area contributed by atoms with Crippen molar-refractivity contribution in [1.29, 1.82) is 0 Å². The third-order valence-corrected chi connectivity index (χ3v) is 1.52. The predicted molar refractivity (Wildman–Crippen MR) is 41.2 cm³/mol. The molecule has 1 aromatic rings. The van der Waals surface area contributed by atoms with Gasteiger partial charge in [-0.3, -0.25) is 4.79 Å². The van der Waals surface area contributed by atoms with Crippen molar-refractivity contribution in [3.8, 4) is 0 Å². The van der Waals surface area contributed by atoms with Crippen LogP contribution in [0.3, 0.4) is 0 Å². The zero-order chi connectivity index (χ0) is 9.30. The van der Waals surface area contributed by atoms with Gasteiger partial charge in [0.05, 0.1) is 5.56 Å². The topological polar surface area (TPSA) is 58.9 Å². The Morgan fingerprint density at radius 1 is 1.58 bits per heavy atom. The molecule has 0 spiro atoms. The van der Waals surface area contributed by atoms with Crippen LogP contribution in [0.2, 0.25) is 0 Å². The Bertz CT molecular complexity index is 346. The number of aryl methyl sites for hydroxylation is 1. The fourth-order valence-corrected chi connectivity index (χ4v) is 0.850. The van der Waals surface area contributed by atoms with Crippen molar-refractivity contribution in [2.75, 3.05) is 5.73 Å². The Labute approximate surface area is 67.2 Å². The zero-order valence-corrected chi connectivity index (χ0v) is 6.40. The van der Waals surface area contributed by atoms with Crippen molar-refractivity contribution in [2.24, 2.45) is 0 Å². The van der Waals surface area contributed by atoms with Crippen LogP contribution >= 0.6 is 0 Å². The highest BCUT2D eigenvalue weighted by atomic mass is 19.3. The molecule has 0 radical (unpaired) electrons. The maximum absolute atomic E-state index is 12.1. The van der Waals surface area contributed by atoms with Gasteiger partial charge in [0, 0.05) is 5.56 Å². The lowest BCUT2D eigenvalue weighted by Gasteiger charge is -2.03. The van der Waals surface area contributed by atoms with Gasteiger partial charge in [-0.15, -0.1) is 0 Å². The molecule has 0 atom stereocenters. The second kappa shape index (κ2) is 2.92. The molecule has 0 saturated carbocycles. The van der Waals surface area contributed by atoms with Gasteiger partial charge in [-0.05, 0) is 13.0 Å². The molecule has 3 N–H and O–H groups in total. The van der Waals surface area contributed by atoms with Gasteiger partial charge in [-0.2, -0.15) is 0 Å². The zero-order valence-electron chi connectivity index (χ0n) is 6.40. The van der Waals surface area contributed by atoms with Crippen LogP contribution in [0.25, 0.3) is 0 Å². The molecule has 66 valence electrons. The predicted octanol–water partition coefficient (Wildman–Crippen LogP) is 1.20. The lowest BCUT2D eigenvalue weighted by Crippen LogP contribution is -2.13. The number of nitrogen functional groups attached to an aromatic ring is 1. The number of aromatic amines is 1. The fourth-order valence-electron chi connectivity index (χ4n) is 0.850. The summed E-state index contributed by atoms with van der Waals surface area (Å²) in [5.74, 6) is -0.263. The highest BCUT2D eigenvalue weighted by Crippen LogP contribution is 2.22. The van der Waals surface area contributed by atoms with Crippen LogP contribution < -0.4 is 11.3 Å². The van der Waals surface area contributed by atoms with E-state index < -0.39 is 12.0 Å². The molecule has 0 unspecified atom stereocenters. The summed E-state index contributed by atoms with van der Waals surface area (Å²) in [5, 5.41) is 0. The Morgan fingerprint density at radius 3 is 2.67 bits per heavy atom. The molecule has 0 aliphatic rings. The third kappa shape index (κ3) is 1.44. The van der Waals surface area contributed by atoms with Crippen molar-refractivity contribution in [2.45, 2.75) is 13.3 Å². The molecule has 0 aliphatic heterocycles. The van der Waals surface area contributed by atoms with Crippen LogP contribution in [-0.4, -0.2) is 4.98 Å². The summed E-state index contributed by atoms with van der Waals surface area (Å²) in [6.45, 7) is 1.45. The molecule has 0 bridgehead atoms. The number of hydrogen-bond donors (Lipinski definition) is 2. The quantitative estimate of drug-likeness (QED) is 0.672. The molecule has 5 heteroatoms. The lowest BCUT2D eigenvalue weighted by molar-refractivity contribution is 0.152. The number of nitrogens with one attached hydrogen (secondary N) is 1. The van der Waals surface area contributed by atoms with E-state index in [1.54, 1.807) is 0 Å². The van der Waals surface area contributed by atoms with Crippen molar-refractivity contribution >= 4 is 5.82 Å². The monoisotopic (exact) mass is 174 g/mol. The average Bonchev–Trinajstić information content (AvgIpc) is 1.96. The summed E-state index contributed by atoms with van der Waals surface area (Å²) in [6, 6.07) is 1.10. The second-order valence-electron chi connectivity index (χ2n) is 2.45. The van der Waals surface area contributed by atoms with Crippen molar-refractivity contribution < 1.29 is 8.78 Å². The van der Waals surface area contributed by atoms with E-state index in [1.807, 2.05) is 0 Å². The largest absolute Gasteiger partial charge is 0.385 e. The van der Waals surface area contributed by atoms with Crippen LogP contribution in [0.1, 0.15) is 17.6 Å². The molecule has 0 saturated heterocycles. The van der Waals surface area contributed by atoms with Crippen LogP contribution in [0.5, 0.6) is 0 Å². The first-order chi connectivity index (χ1) is 5.52. The van der Waals surface area contributed by atoms with E-state index in [4.69, 9.17) is 5.73 Å². The van der Waals surface area contributed by atoms with Gasteiger partial charge in [-0.25, -0.2) is 8.78 Å². The van der Waals surface area contributed by atoms with Crippen molar-refractivity contribution in [3.05, 3.63) is 27.5 Å². The minimum absolute atomic E-state index is 0.236. The normalized spacial score (nSPS) is 10.7. The molecule has 3 nitrogen and oxygen atoms in total.